The van der Waals surface area contributed by atoms with Crippen molar-refractivity contribution in [1.29, 1.82) is 0 Å². The molecule has 2 heteroatoms. The Balaban J connectivity index is 1.48. The molecule has 0 unspecified atom stereocenters. The van der Waals surface area contributed by atoms with Crippen LogP contribution in [0.15, 0.2) is 11.6 Å². The quantitative estimate of drug-likeness (QED) is 0.465. The Morgan fingerprint density at radius 2 is 1.71 bits per heavy atom. The highest BCUT2D eigenvalue weighted by Crippen LogP contribution is 2.67. The number of rotatable bonds is 4. The van der Waals surface area contributed by atoms with Gasteiger partial charge in [0.25, 0.3) is 0 Å². The van der Waals surface area contributed by atoms with Gasteiger partial charge in [0, 0.05) is 0 Å². The van der Waals surface area contributed by atoms with Gasteiger partial charge < -0.3 is 10.2 Å². The smallest absolute Gasteiger partial charge is 0.0657 e. The molecule has 4 aliphatic rings. The van der Waals surface area contributed by atoms with E-state index in [1.54, 1.807) is 5.57 Å². The summed E-state index contributed by atoms with van der Waals surface area (Å²) in [4.78, 5) is 0. The molecule has 0 bridgehead atoms. The SMILES string of the molecule is C[C@H](CC[C@@H](O)C(C)(C)C)[C@H]1CC[C@H]2[C@@H]3CC=C4C[C@@](C)(O)CC[C@]4(C)[C@H]3CC[C@]12C. The number of fused-ring (bicyclic) bond motifs is 5. The topological polar surface area (TPSA) is 40.5 Å². The molecular formula is C29H50O2. The van der Waals surface area contributed by atoms with Crippen molar-refractivity contribution in [3.05, 3.63) is 11.6 Å². The summed E-state index contributed by atoms with van der Waals surface area (Å²) in [5.74, 6) is 4.05. The van der Waals surface area contributed by atoms with E-state index < -0.39 is 5.60 Å². The van der Waals surface area contributed by atoms with Gasteiger partial charge in [-0.25, -0.2) is 0 Å². The van der Waals surface area contributed by atoms with Crippen molar-refractivity contribution >= 4 is 0 Å². The van der Waals surface area contributed by atoms with E-state index in [4.69, 9.17) is 0 Å². The maximum absolute atomic E-state index is 10.7. The normalized spacial score (nSPS) is 47.1. The van der Waals surface area contributed by atoms with Gasteiger partial charge in [0.05, 0.1) is 11.7 Å². The molecule has 0 aliphatic heterocycles. The summed E-state index contributed by atoms with van der Waals surface area (Å²) in [6.45, 7) is 16.2. The molecule has 2 nitrogen and oxygen atoms in total. The summed E-state index contributed by atoms with van der Waals surface area (Å²) >= 11 is 0. The molecule has 0 heterocycles. The first-order valence-electron chi connectivity index (χ1n) is 13.4. The molecule has 0 aromatic carbocycles. The van der Waals surface area contributed by atoms with Crippen LogP contribution in [0.25, 0.3) is 0 Å². The molecule has 3 fully saturated rings. The van der Waals surface area contributed by atoms with Crippen LogP contribution in [0.4, 0.5) is 0 Å². The van der Waals surface area contributed by atoms with Crippen molar-refractivity contribution in [3.63, 3.8) is 0 Å². The second-order valence-corrected chi connectivity index (χ2v) is 14.1. The molecule has 0 spiro atoms. The number of hydrogen-bond acceptors (Lipinski definition) is 2. The number of hydrogen-bond donors (Lipinski definition) is 2. The first kappa shape index (κ1) is 23.8. The molecule has 31 heavy (non-hydrogen) atoms. The number of allylic oxidation sites excluding steroid dienone is 1. The van der Waals surface area contributed by atoms with Gasteiger partial charge >= 0.3 is 0 Å². The Kier molecular flexibility index (Phi) is 6.04. The Bertz CT molecular complexity index is 700. The fourth-order valence-electron chi connectivity index (χ4n) is 8.83. The molecule has 2 N–H and O–H groups in total. The van der Waals surface area contributed by atoms with Crippen LogP contribution >= 0.6 is 0 Å². The third-order valence-electron chi connectivity index (χ3n) is 11.0. The van der Waals surface area contributed by atoms with E-state index in [2.05, 4.69) is 47.6 Å². The molecule has 178 valence electrons. The van der Waals surface area contributed by atoms with Gasteiger partial charge in [-0.1, -0.05) is 53.2 Å². The summed E-state index contributed by atoms with van der Waals surface area (Å²) in [5, 5.41) is 21.3. The first-order chi connectivity index (χ1) is 14.3. The highest BCUT2D eigenvalue weighted by Gasteiger charge is 2.59. The van der Waals surface area contributed by atoms with E-state index in [-0.39, 0.29) is 11.5 Å². The van der Waals surface area contributed by atoms with E-state index in [0.717, 1.165) is 49.4 Å². The van der Waals surface area contributed by atoms with Crippen LogP contribution < -0.4 is 0 Å². The van der Waals surface area contributed by atoms with Crippen molar-refractivity contribution in [2.75, 3.05) is 0 Å². The lowest BCUT2D eigenvalue weighted by molar-refractivity contribution is -0.0712. The van der Waals surface area contributed by atoms with Crippen LogP contribution in [-0.4, -0.2) is 21.9 Å². The third kappa shape index (κ3) is 4.07. The summed E-state index contributed by atoms with van der Waals surface area (Å²) in [6.07, 6.45) is 14.3. The van der Waals surface area contributed by atoms with E-state index >= 15 is 0 Å². The molecule has 0 aromatic heterocycles. The Morgan fingerprint density at radius 3 is 2.39 bits per heavy atom. The predicted octanol–water partition coefficient (Wildman–Crippen LogP) is 7.14. The lowest BCUT2D eigenvalue weighted by Crippen LogP contribution is -2.52. The van der Waals surface area contributed by atoms with Gasteiger partial charge in [-0.05, 0) is 117 Å². The van der Waals surface area contributed by atoms with Crippen LogP contribution in [0.3, 0.4) is 0 Å². The van der Waals surface area contributed by atoms with Crippen LogP contribution in [-0.2, 0) is 0 Å². The summed E-state index contributed by atoms with van der Waals surface area (Å²) in [7, 11) is 0. The van der Waals surface area contributed by atoms with Crippen molar-refractivity contribution in [1.82, 2.24) is 0 Å². The minimum Gasteiger partial charge on any atom is -0.393 e. The van der Waals surface area contributed by atoms with E-state index in [1.807, 2.05) is 6.92 Å². The lowest BCUT2D eigenvalue weighted by Gasteiger charge is -2.59. The van der Waals surface area contributed by atoms with E-state index in [1.165, 1.54) is 38.5 Å². The summed E-state index contributed by atoms with van der Waals surface area (Å²) < 4.78 is 0. The predicted molar refractivity (Wildman–Crippen MR) is 130 cm³/mol. The van der Waals surface area contributed by atoms with Crippen molar-refractivity contribution in [2.24, 2.45) is 45.8 Å². The first-order valence-corrected chi connectivity index (χ1v) is 13.4. The van der Waals surface area contributed by atoms with Gasteiger partial charge in [-0.15, -0.1) is 0 Å². The largest absolute Gasteiger partial charge is 0.393 e. The highest BCUT2D eigenvalue weighted by molar-refractivity contribution is 5.26. The maximum atomic E-state index is 10.7. The second-order valence-electron chi connectivity index (χ2n) is 14.1. The van der Waals surface area contributed by atoms with Gasteiger partial charge in [-0.3, -0.25) is 0 Å². The molecule has 4 rings (SSSR count). The van der Waals surface area contributed by atoms with Crippen molar-refractivity contribution in [3.8, 4) is 0 Å². The van der Waals surface area contributed by atoms with Crippen LogP contribution in [0.1, 0.15) is 113 Å². The highest BCUT2D eigenvalue weighted by atomic mass is 16.3. The molecule has 9 atom stereocenters. The fraction of sp³-hybridized carbons (Fsp3) is 0.931. The zero-order chi connectivity index (χ0) is 22.8. The van der Waals surface area contributed by atoms with Crippen LogP contribution in [0, 0.1) is 45.8 Å². The minimum atomic E-state index is -0.493. The minimum absolute atomic E-state index is 0.00782. The molecule has 0 aromatic rings. The van der Waals surface area contributed by atoms with E-state index in [0.29, 0.717) is 16.7 Å². The monoisotopic (exact) mass is 430 g/mol. The van der Waals surface area contributed by atoms with Gasteiger partial charge in [0.2, 0.25) is 0 Å². The zero-order valence-corrected chi connectivity index (χ0v) is 21.5. The average molecular weight is 431 g/mol. The molecule has 4 aliphatic carbocycles. The molecule has 0 saturated heterocycles. The summed E-state index contributed by atoms with van der Waals surface area (Å²) in [5.41, 5.74) is 1.88. The van der Waals surface area contributed by atoms with Gasteiger partial charge in [0.15, 0.2) is 0 Å². The summed E-state index contributed by atoms with van der Waals surface area (Å²) in [6, 6.07) is 0. The number of aliphatic hydroxyl groups is 2. The molecule has 3 saturated carbocycles. The van der Waals surface area contributed by atoms with Gasteiger partial charge in [-0.2, -0.15) is 0 Å². The fourth-order valence-corrected chi connectivity index (χ4v) is 8.83. The average Bonchev–Trinajstić information content (AvgIpc) is 3.02. The Morgan fingerprint density at radius 1 is 1.00 bits per heavy atom. The Labute approximate surface area is 192 Å². The Hall–Kier alpha value is -0.340. The second kappa shape index (κ2) is 7.86. The van der Waals surface area contributed by atoms with Crippen LogP contribution in [0.2, 0.25) is 0 Å². The molecule has 0 amide bonds. The molecular weight excluding hydrogens is 380 g/mol. The number of aliphatic hydroxyl groups excluding tert-OH is 1. The van der Waals surface area contributed by atoms with E-state index in [9.17, 15) is 10.2 Å². The van der Waals surface area contributed by atoms with Crippen molar-refractivity contribution in [2.45, 2.75) is 124 Å². The van der Waals surface area contributed by atoms with Crippen molar-refractivity contribution < 1.29 is 10.2 Å². The molecule has 0 radical (unpaired) electrons. The third-order valence-corrected chi connectivity index (χ3v) is 11.0. The lowest BCUT2D eigenvalue weighted by atomic mass is 9.46. The maximum Gasteiger partial charge on any atom is 0.0657 e. The zero-order valence-electron chi connectivity index (χ0n) is 21.5. The van der Waals surface area contributed by atoms with Crippen LogP contribution in [0.5, 0.6) is 0 Å². The van der Waals surface area contributed by atoms with Gasteiger partial charge in [0.1, 0.15) is 0 Å². The standard InChI is InChI=1S/C29H50O2/c1-19(8-13-25(30)26(2,3)4)22-11-12-23-21-10-9-20-18-27(5,31)16-17-28(20,6)24(21)14-15-29(22,23)7/h9,19,21-25,30-31H,8,10-18H2,1-7H3/t19-,21+,22-,23+,24+,25-,27+,28+,29-/m1/s1.